The number of aromatic nitrogens is 2. The first-order valence-electron chi connectivity index (χ1n) is 6.66. The number of amides is 1. The number of benzene rings is 1. The summed E-state index contributed by atoms with van der Waals surface area (Å²) in [5.74, 6) is 1.73. The normalized spacial score (nSPS) is 10.2. The zero-order valence-corrected chi connectivity index (χ0v) is 11.6. The third kappa shape index (κ3) is 4.42. The Bertz CT molecular complexity index is 511. The second-order valence-electron chi connectivity index (χ2n) is 4.55. The van der Waals surface area contributed by atoms with Crippen molar-refractivity contribution < 1.29 is 9.53 Å². The van der Waals surface area contributed by atoms with Gasteiger partial charge in [-0.2, -0.15) is 0 Å². The molecule has 0 saturated carbocycles. The molecule has 5 heteroatoms. The van der Waals surface area contributed by atoms with E-state index >= 15 is 0 Å². The van der Waals surface area contributed by atoms with Crippen LogP contribution in [0.2, 0.25) is 0 Å². The van der Waals surface area contributed by atoms with Crippen LogP contribution in [0, 0.1) is 0 Å². The zero-order valence-electron chi connectivity index (χ0n) is 11.6. The van der Waals surface area contributed by atoms with Crippen molar-refractivity contribution in [1.29, 1.82) is 0 Å². The number of para-hydroxylation sites is 1. The molecule has 1 N–H and O–H groups in total. The van der Waals surface area contributed by atoms with Crippen molar-refractivity contribution in [2.24, 2.45) is 0 Å². The summed E-state index contributed by atoms with van der Waals surface area (Å²) in [4.78, 5) is 20.7. The van der Waals surface area contributed by atoms with E-state index in [4.69, 9.17) is 4.74 Å². The summed E-state index contributed by atoms with van der Waals surface area (Å²) in [6, 6.07) is 9.62. The molecule has 0 atom stereocenters. The number of hydrogen-bond donors (Lipinski definition) is 1. The van der Waals surface area contributed by atoms with Gasteiger partial charge in [0.25, 0.3) is 0 Å². The van der Waals surface area contributed by atoms with Crippen LogP contribution < -0.4 is 4.74 Å². The minimum atomic E-state index is 0.0954. The van der Waals surface area contributed by atoms with Crippen molar-refractivity contribution in [3.8, 4) is 5.75 Å². The number of nitrogens with one attached hydrogen (secondary N) is 1. The molecule has 1 heterocycles. The van der Waals surface area contributed by atoms with Crippen molar-refractivity contribution in [3.63, 3.8) is 0 Å². The van der Waals surface area contributed by atoms with E-state index in [1.54, 1.807) is 24.3 Å². The second-order valence-corrected chi connectivity index (χ2v) is 4.55. The third-order valence-electron chi connectivity index (χ3n) is 2.91. The highest BCUT2D eigenvalue weighted by atomic mass is 16.5. The fourth-order valence-corrected chi connectivity index (χ4v) is 1.82. The second kappa shape index (κ2) is 7.33. The van der Waals surface area contributed by atoms with E-state index in [1.165, 1.54) is 0 Å². The smallest absolute Gasteiger partial charge is 0.222 e. The first-order chi connectivity index (χ1) is 9.75. The average molecular weight is 273 g/mol. The van der Waals surface area contributed by atoms with E-state index in [2.05, 4.69) is 9.97 Å². The predicted molar refractivity (Wildman–Crippen MR) is 76.2 cm³/mol. The quantitative estimate of drug-likeness (QED) is 0.787. The Hall–Kier alpha value is -2.30. The highest BCUT2D eigenvalue weighted by molar-refractivity contribution is 5.75. The number of imidazole rings is 1. The van der Waals surface area contributed by atoms with Crippen molar-refractivity contribution in [2.45, 2.75) is 19.4 Å². The van der Waals surface area contributed by atoms with Crippen LogP contribution in [0.15, 0.2) is 42.7 Å². The highest BCUT2D eigenvalue weighted by Gasteiger charge is 2.09. The van der Waals surface area contributed by atoms with Gasteiger partial charge in [0.05, 0.1) is 13.2 Å². The zero-order chi connectivity index (χ0) is 14.2. The van der Waals surface area contributed by atoms with E-state index in [1.807, 2.05) is 30.3 Å². The largest absolute Gasteiger partial charge is 0.494 e. The van der Waals surface area contributed by atoms with Gasteiger partial charge in [-0.15, -0.1) is 0 Å². The van der Waals surface area contributed by atoms with Crippen molar-refractivity contribution in [3.05, 3.63) is 48.5 Å². The minimum Gasteiger partial charge on any atom is -0.494 e. The van der Waals surface area contributed by atoms with Gasteiger partial charge in [-0.05, 0) is 18.6 Å². The molecule has 2 rings (SSSR count). The van der Waals surface area contributed by atoms with E-state index in [9.17, 15) is 4.79 Å². The van der Waals surface area contributed by atoms with Crippen LogP contribution >= 0.6 is 0 Å². The van der Waals surface area contributed by atoms with Crippen LogP contribution in [0.5, 0.6) is 5.75 Å². The van der Waals surface area contributed by atoms with Gasteiger partial charge in [0, 0.05) is 25.9 Å². The Morgan fingerprint density at radius 3 is 2.85 bits per heavy atom. The lowest BCUT2D eigenvalue weighted by Gasteiger charge is -2.15. The fourth-order valence-electron chi connectivity index (χ4n) is 1.82. The van der Waals surface area contributed by atoms with Crippen LogP contribution in [-0.2, 0) is 11.3 Å². The molecule has 0 unspecified atom stereocenters. The number of aromatic amines is 1. The molecule has 0 aliphatic rings. The number of carbonyl (C=O) groups is 1. The van der Waals surface area contributed by atoms with Crippen molar-refractivity contribution in [1.82, 2.24) is 14.9 Å². The molecule has 0 spiro atoms. The first kappa shape index (κ1) is 14.1. The molecule has 1 aromatic heterocycles. The summed E-state index contributed by atoms with van der Waals surface area (Å²) in [6.07, 6.45) is 4.61. The topological polar surface area (TPSA) is 58.2 Å². The molecule has 0 saturated heterocycles. The van der Waals surface area contributed by atoms with E-state index < -0.39 is 0 Å². The molecule has 0 aliphatic heterocycles. The number of ether oxygens (including phenoxy) is 1. The molecule has 106 valence electrons. The van der Waals surface area contributed by atoms with Gasteiger partial charge in [0.1, 0.15) is 11.6 Å². The molecule has 1 amide bonds. The van der Waals surface area contributed by atoms with E-state index in [0.29, 0.717) is 26.0 Å². The molecule has 0 fully saturated rings. The summed E-state index contributed by atoms with van der Waals surface area (Å²) in [5, 5.41) is 0. The number of nitrogens with zero attached hydrogens (tertiary/aromatic N) is 2. The molecule has 5 nitrogen and oxygen atoms in total. The summed E-state index contributed by atoms with van der Waals surface area (Å²) >= 11 is 0. The lowest BCUT2D eigenvalue weighted by molar-refractivity contribution is -0.130. The Balaban J connectivity index is 1.65. The lowest BCUT2D eigenvalue weighted by Crippen LogP contribution is -2.26. The number of hydrogen-bond acceptors (Lipinski definition) is 3. The first-order valence-corrected chi connectivity index (χ1v) is 6.66. The molecule has 0 bridgehead atoms. The van der Waals surface area contributed by atoms with Crippen LogP contribution in [0.25, 0.3) is 0 Å². The molecule has 0 aliphatic carbocycles. The summed E-state index contributed by atoms with van der Waals surface area (Å²) in [5.41, 5.74) is 0. The maximum absolute atomic E-state index is 11.9. The standard InChI is InChI=1S/C15H19N3O2/c1-18(12-14-16-9-10-17-14)15(19)8-5-11-20-13-6-3-2-4-7-13/h2-4,6-7,9-10H,5,8,11-12H2,1H3,(H,16,17). The van der Waals surface area contributed by atoms with Crippen LogP contribution in [-0.4, -0.2) is 34.4 Å². The Morgan fingerprint density at radius 2 is 2.15 bits per heavy atom. The summed E-state index contributed by atoms with van der Waals surface area (Å²) < 4.78 is 5.55. The summed E-state index contributed by atoms with van der Waals surface area (Å²) in [6.45, 7) is 1.05. The number of rotatable bonds is 7. The monoisotopic (exact) mass is 273 g/mol. The fraction of sp³-hybridized carbons (Fsp3) is 0.333. The molecule has 0 radical (unpaired) electrons. The SMILES string of the molecule is CN(Cc1ncc[nH]1)C(=O)CCCOc1ccccc1. The van der Waals surface area contributed by atoms with Crippen LogP contribution in [0.4, 0.5) is 0 Å². The van der Waals surface area contributed by atoms with E-state index in [0.717, 1.165) is 11.6 Å². The van der Waals surface area contributed by atoms with Gasteiger partial charge < -0.3 is 14.6 Å². The molecule has 20 heavy (non-hydrogen) atoms. The van der Waals surface area contributed by atoms with Gasteiger partial charge in [0.15, 0.2) is 0 Å². The van der Waals surface area contributed by atoms with Crippen LogP contribution in [0.3, 0.4) is 0 Å². The molecule has 2 aromatic rings. The number of carbonyl (C=O) groups excluding carboxylic acids is 1. The maximum Gasteiger partial charge on any atom is 0.222 e. The minimum absolute atomic E-state index is 0.0954. The van der Waals surface area contributed by atoms with E-state index in [-0.39, 0.29) is 5.91 Å². The number of H-pyrrole nitrogens is 1. The maximum atomic E-state index is 11.9. The predicted octanol–water partition coefficient (Wildman–Crippen LogP) is 2.23. The molecular formula is C15H19N3O2. The van der Waals surface area contributed by atoms with Gasteiger partial charge in [-0.1, -0.05) is 18.2 Å². The Kier molecular flexibility index (Phi) is 5.17. The Morgan fingerprint density at radius 1 is 1.35 bits per heavy atom. The van der Waals surface area contributed by atoms with Gasteiger partial charge in [-0.3, -0.25) is 4.79 Å². The van der Waals surface area contributed by atoms with Gasteiger partial charge in [0.2, 0.25) is 5.91 Å². The molecular weight excluding hydrogens is 254 g/mol. The van der Waals surface area contributed by atoms with Crippen molar-refractivity contribution in [2.75, 3.05) is 13.7 Å². The third-order valence-corrected chi connectivity index (χ3v) is 2.91. The highest BCUT2D eigenvalue weighted by Crippen LogP contribution is 2.09. The molecule has 1 aromatic carbocycles. The van der Waals surface area contributed by atoms with Gasteiger partial charge in [-0.25, -0.2) is 4.98 Å². The lowest BCUT2D eigenvalue weighted by atomic mass is 10.3. The van der Waals surface area contributed by atoms with Gasteiger partial charge >= 0.3 is 0 Å². The average Bonchev–Trinajstić information content (AvgIpc) is 2.97. The Labute approximate surface area is 118 Å². The summed E-state index contributed by atoms with van der Waals surface area (Å²) in [7, 11) is 1.78. The van der Waals surface area contributed by atoms with Crippen molar-refractivity contribution >= 4 is 5.91 Å². The van der Waals surface area contributed by atoms with Crippen LogP contribution in [0.1, 0.15) is 18.7 Å².